The zero-order valence-electron chi connectivity index (χ0n) is 9.32. The predicted molar refractivity (Wildman–Crippen MR) is 68.1 cm³/mol. The summed E-state index contributed by atoms with van der Waals surface area (Å²) in [6.07, 6.45) is 4.08. The molecule has 1 saturated carbocycles. The van der Waals surface area contributed by atoms with Crippen molar-refractivity contribution in [2.75, 3.05) is 18.4 Å². The second kappa shape index (κ2) is 4.27. The Kier molecular flexibility index (Phi) is 2.78. The Bertz CT molecular complexity index is 359. The second-order valence-electron chi connectivity index (χ2n) is 4.86. The summed E-state index contributed by atoms with van der Waals surface area (Å²) in [4.78, 5) is 2.62. The van der Waals surface area contributed by atoms with Gasteiger partial charge in [0.2, 0.25) is 0 Å². The van der Waals surface area contributed by atoms with Gasteiger partial charge in [0.25, 0.3) is 0 Å². The van der Waals surface area contributed by atoms with E-state index in [0.717, 1.165) is 11.1 Å². The van der Waals surface area contributed by atoms with Crippen LogP contribution in [0.1, 0.15) is 19.3 Å². The van der Waals surface area contributed by atoms with Gasteiger partial charge in [-0.25, -0.2) is 0 Å². The number of nitrogens with zero attached hydrogens (tertiary/aromatic N) is 1. The Hall–Kier alpha value is -0.730. The zero-order valence-corrected chi connectivity index (χ0v) is 10.1. The molecule has 0 bridgehead atoms. The smallest absolute Gasteiger partial charge is 0.0407 e. The van der Waals surface area contributed by atoms with Crippen LogP contribution in [0, 0.1) is 0 Å². The summed E-state index contributed by atoms with van der Waals surface area (Å²) in [5.41, 5.74) is 1.19. The maximum absolute atomic E-state index is 5.87. The zero-order chi connectivity index (χ0) is 11.0. The minimum atomic E-state index is 0.613. The van der Waals surface area contributed by atoms with E-state index in [1.807, 2.05) is 12.1 Å². The summed E-state index contributed by atoms with van der Waals surface area (Å²) in [6, 6.07) is 9.51. The van der Waals surface area contributed by atoms with Crippen LogP contribution in [0.3, 0.4) is 0 Å². The van der Waals surface area contributed by atoms with Crippen molar-refractivity contribution < 1.29 is 0 Å². The van der Waals surface area contributed by atoms with Crippen LogP contribution in [0.5, 0.6) is 0 Å². The van der Waals surface area contributed by atoms with Gasteiger partial charge in [-0.15, -0.1) is 0 Å². The van der Waals surface area contributed by atoms with Crippen LogP contribution < -0.4 is 5.32 Å². The molecule has 0 aromatic heterocycles. The van der Waals surface area contributed by atoms with E-state index in [-0.39, 0.29) is 0 Å². The maximum atomic E-state index is 5.87. The molecule has 0 spiro atoms. The standard InChI is InChI=1S/C13H17ClN2/c14-10-1-3-11(4-2-10)15-12-7-8-16(9-12)13-5-6-13/h1-4,12-13,15H,5-9H2. The largest absolute Gasteiger partial charge is 0.381 e. The lowest BCUT2D eigenvalue weighted by atomic mass is 10.2. The van der Waals surface area contributed by atoms with Crippen LogP contribution in [-0.4, -0.2) is 30.1 Å². The molecule has 3 heteroatoms. The molecule has 1 saturated heterocycles. The van der Waals surface area contributed by atoms with Gasteiger partial charge in [-0.05, 0) is 43.5 Å². The lowest BCUT2D eigenvalue weighted by molar-refractivity contribution is 0.326. The Balaban J connectivity index is 1.57. The third kappa shape index (κ3) is 2.33. The van der Waals surface area contributed by atoms with Gasteiger partial charge >= 0.3 is 0 Å². The van der Waals surface area contributed by atoms with Crippen molar-refractivity contribution >= 4 is 17.3 Å². The van der Waals surface area contributed by atoms with Gasteiger partial charge in [-0.1, -0.05) is 11.6 Å². The molecule has 86 valence electrons. The number of benzene rings is 1. The Morgan fingerprint density at radius 1 is 1.12 bits per heavy atom. The summed E-state index contributed by atoms with van der Waals surface area (Å²) in [7, 11) is 0. The minimum Gasteiger partial charge on any atom is -0.381 e. The number of likely N-dealkylation sites (tertiary alicyclic amines) is 1. The van der Waals surface area contributed by atoms with E-state index in [9.17, 15) is 0 Å². The Morgan fingerprint density at radius 3 is 2.56 bits per heavy atom. The van der Waals surface area contributed by atoms with E-state index in [1.165, 1.54) is 38.0 Å². The molecule has 16 heavy (non-hydrogen) atoms. The highest BCUT2D eigenvalue weighted by Crippen LogP contribution is 2.30. The average Bonchev–Trinajstić information content (AvgIpc) is 3.04. The van der Waals surface area contributed by atoms with E-state index in [2.05, 4.69) is 22.3 Å². The maximum Gasteiger partial charge on any atom is 0.0407 e. The summed E-state index contributed by atoms with van der Waals surface area (Å²) in [5, 5.41) is 4.38. The molecule has 2 fully saturated rings. The van der Waals surface area contributed by atoms with Gasteiger partial charge in [-0.2, -0.15) is 0 Å². The highest BCUT2D eigenvalue weighted by atomic mass is 35.5. The van der Waals surface area contributed by atoms with Crippen molar-refractivity contribution in [1.82, 2.24) is 4.90 Å². The molecular formula is C13H17ClN2. The number of nitrogens with one attached hydrogen (secondary N) is 1. The average molecular weight is 237 g/mol. The van der Waals surface area contributed by atoms with Gasteiger partial charge in [0.05, 0.1) is 0 Å². The molecule has 1 aromatic carbocycles. The monoisotopic (exact) mass is 236 g/mol. The first-order chi connectivity index (χ1) is 7.81. The van der Waals surface area contributed by atoms with Gasteiger partial charge in [0, 0.05) is 35.9 Å². The minimum absolute atomic E-state index is 0.613. The number of hydrogen-bond donors (Lipinski definition) is 1. The van der Waals surface area contributed by atoms with E-state index >= 15 is 0 Å². The number of rotatable bonds is 3. The first-order valence-corrected chi connectivity index (χ1v) is 6.45. The van der Waals surface area contributed by atoms with Crippen LogP contribution >= 0.6 is 11.6 Å². The van der Waals surface area contributed by atoms with Crippen molar-refractivity contribution in [3.8, 4) is 0 Å². The normalized spacial score (nSPS) is 25.9. The fourth-order valence-electron chi connectivity index (χ4n) is 2.46. The second-order valence-corrected chi connectivity index (χ2v) is 5.30. The van der Waals surface area contributed by atoms with Gasteiger partial charge in [0.1, 0.15) is 0 Å². The van der Waals surface area contributed by atoms with E-state index in [4.69, 9.17) is 11.6 Å². The molecule has 0 radical (unpaired) electrons. The molecule has 1 aromatic rings. The first-order valence-electron chi connectivity index (χ1n) is 6.07. The van der Waals surface area contributed by atoms with Crippen LogP contribution in [0.4, 0.5) is 5.69 Å². The molecule has 1 unspecified atom stereocenters. The molecule has 0 amide bonds. The SMILES string of the molecule is Clc1ccc(NC2CCN(C3CC3)C2)cc1. The summed E-state index contributed by atoms with van der Waals surface area (Å²) >= 11 is 5.87. The van der Waals surface area contributed by atoms with Crippen molar-refractivity contribution in [1.29, 1.82) is 0 Å². The van der Waals surface area contributed by atoms with Crippen LogP contribution in [-0.2, 0) is 0 Å². The Morgan fingerprint density at radius 2 is 1.88 bits per heavy atom. The van der Waals surface area contributed by atoms with Crippen molar-refractivity contribution in [3.63, 3.8) is 0 Å². The molecule has 3 rings (SSSR count). The molecule has 1 N–H and O–H groups in total. The fraction of sp³-hybridized carbons (Fsp3) is 0.538. The topological polar surface area (TPSA) is 15.3 Å². The predicted octanol–water partition coefficient (Wildman–Crippen LogP) is 2.99. The van der Waals surface area contributed by atoms with Gasteiger partial charge < -0.3 is 5.32 Å². The molecular weight excluding hydrogens is 220 g/mol. The van der Waals surface area contributed by atoms with Gasteiger partial charge in [0.15, 0.2) is 0 Å². The lowest BCUT2D eigenvalue weighted by Gasteiger charge is -2.16. The summed E-state index contributed by atoms with van der Waals surface area (Å²) in [6.45, 7) is 2.46. The first kappa shape index (κ1) is 10.4. The quantitative estimate of drug-likeness (QED) is 0.868. The third-order valence-electron chi connectivity index (χ3n) is 3.50. The fourth-order valence-corrected chi connectivity index (χ4v) is 2.58. The van der Waals surface area contributed by atoms with Gasteiger partial charge in [-0.3, -0.25) is 4.90 Å². The van der Waals surface area contributed by atoms with Crippen molar-refractivity contribution in [2.45, 2.75) is 31.3 Å². The molecule has 1 heterocycles. The highest BCUT2D eigenvalue weighted by molar-refractivity contribution is 6.30. The molecule has 2 nitrogen and oxygen atoms in total. The molecule has 2 aliphatic rings. The van der Waals surface area contributed by atoms with E-state index in [1.54, 1.807) is 0 Å². The van der Waals surface area contributed by atoms with Crippen LogP contribution in [0.25, 0.3) is 0 Å². The van der Waals surface area contributed by atoms with E-state index < -0.39 is 0 Å². The van der Waals surface area contributed by atoms with E-state index in [0.29, 0.717) is 6.04 Å². The number of anilines is 1. The molecule has 1 aliphatic carbocycles. The summed E-state index contributed by atoms with van der Waals surface area (Å²) < 4.78 is 0. The highest BCUT2D eigenvalue weighted by Gasteiger charge is 2.34. The molecule has 1 aliphatic heterocycles. The van der Waals surface area contributed by atoms with Crippen LogP contribution in [0.15, 0.2) is 24.3 Å². The van der Waals surface area contributed by atoms with Crippen molar-refractivity contribution in [3.05, 3.63) is 29.3 Å². The number of hydrogen-bond acceptors (Lipinski definition) is 2. The summed E-state index contributed by atoms with van der Waals surface area (Å²) in [5.74, 6) is 0. The van der Waals surface area contributed by atoms with Crippen molar-refractivity contribution in [2.24, 2.45) is 0 Å². The lowest BCUT2D eigenvalue weighted by Crippen LogP contribution is -2.27. The molecule has 1 atom stereocenters. The third-order valence-corrected chi connectivity index (χ3v) is 3.75. The Labute approximate surface area is 102 Å². The number of halogens is 1. The van der Waals surface area contributed by atoms with Crippen LogP contribution in [0.2, 0.25) is 5.02 Å².